The van der Waals surface area contributed by atoms with Crippen LogP contribution in [0.4, 0.5) is 0 Å². The van der Waals surface area contributed by atoms with Gasteiger partial charge >= 0.3 is 5.97 Å². The van der Waals surface area contributed by atoms with Crippen molar-refractivity contribution in [3.63, 3.8) is 0 Å². The van der Waals surface area contributed by atoms with Gasteiger partial charge in [0.05, 0.1) is 5.92 Å². The third kappa shape index (κ3) is 1.90. The van der Waals surface area contributed by atoms with Gasteiger partial charge in [0, 0.05) is 0 Å². The molecule has 0 aromatic heterocycles. The van der Waals surface area contributed by atoms with Crippen LogP contribution in [0, 0.1) is 11.8 Å². The summed E-state index contributed by atoms with van der Waals surface area (Å²) in [6, 6.07) is 0. The molecule has 2 atom stereocenters. The Bertz CT molecular complexity index is 136. The first-order valence-electron chi connectivity index (χ1n) is 3.56. The fourth-order valence-corrected chi connectivity index (χ4v) is 1.91. The highest BCUT2D eigenvalue weighted by Gasteiger charge is 2.42. The lowest BCUT2D eigenvalue weighted by atomic mass is 10.3. The van der Waals surface area contributed by atoms with Gasteiger partial charge in [0.2, 0.25) is 0 Å². The van der Waals surface area contributed by atoms with E-state index in [1.165, 1.54) is 0 Å². The number of hydrogen-bond acceptors (Lipinski definition) is 2. The van der Waals surface area contributed by atoms with Crippen LogP contribution in [0.25, 0.3) is 0 Å². The highest BCUT2D eigenvalue weighted by molar-refractivity contribution is 7.99. The quantitative estimate of drug-likeness (QED) is 0.676. The SMILES string of the molecule is CCSC[C@@H]1C[C@H]1C(=O)O. The largest absolute Gasteiger partial charge is 0.481 e. The van der Waals surface area contributed by atoms with E-state index < -0.39 is 5.97 Å². The van der Waals surface area contributed by atoms with Crippen LogP contribution in [-0.2, 0) is 4.79 Å². The van der Waals surface area contributed by atoms with Crippen molar-refractivity contribution in [3.8, 4) is 0 Å². The zero-order chi connectivity index (χ0) is 7.56. The predicted molar refractivity (Wildman–Crippen MR) is 42.2 cm³/mol. The Kier molecular flexibility index (Phi) is 2.60. The first-order chi connectivity index (χ1) is 4.75. The molecule has 1 rings (SSSR count). The van der Waals surface area contributed by atoms with Crippen LogP contribution in [0.2, 0.25) is 0 Å². The van der Waals surface area contributed by atoms with Crippen molar-refractivity contribution < 1.29 is 9.90 Å². The van der Waals surface area contributed by atoms with Crippen LogP contribution in [0.3, 0.4) is 0 Å². The minimum Gasteiger partial charge on any atom is -0.481 e. The van der Waals surface area contributed by atoms with E-state index in [0.717, 1.165) is 17.9 Å². The Hall–Kier alpha value is -0.180. The molecule has 0 aromatic rings. The van der Waals surface area contributed by atoms with Gasteiger partial charge in [0.1, 0.15) is 0 Å². The van der Waals surface area contributed by atoms with E-state index in [4.69, 9.17) is 5.11 Å². The molecule has 0 saturated heterocycles. The maximum absolute atomic E-state index is 10.3. The Morgan fingerprint density at radius 3 is 2.90 bits per heavy atom. The number of carboxylic acids is 1. The summed E-state index contributed by atoms with van der Waals surface area (Å²) in [6.07, 6.45) is 0.905. The predicted octanol–water partition coefficient (Wildman–Crippen LogP) is 1.46. The molecule has 10 heavy (non-hydrogen) atoms. The van der Waals surface area contributed by atoms with Crippen LogP contribution in [-0.4, -0.2) is 22.6 Å². The maximum Gasteiger partial charge on any atom is 0.306 e. The lowest BCUT2D eigenvalue weighted by Crippen LogP contribution is -2.00. The van der Waals surface area contributed by atoms with Crippen LogP contribution < -0.4 is 0 Å². The van der Waals surface area contributed by atoms with Crippen molar-refractivity contribution in [1.29, 1.82) is 0 Å². The number of rotatable bonds is 4. The Morgan fingerprint density at radius 2 is 2.50 bits per heavy atom. The van der Waals surface area contributed by atoms with E-state index in [1.54, 1.807) is 0 Å². The molecule has 1 saturated carbocycles. The second-order valence-electron chi connectivity index (χ2n) is 2.60. The van der Waals surface area contributed by atoms with Crippen LogP contribution in [0.1, 0.15) is 13.3 Å². The van der Waals surface area contributed by atoms with Crippen LogP contribution in [0.5, 0.6) is 0 Å². The molecule has 0 aliphatic heterocycles. The molecular weight excluding hydrogens is 148 g/mol. The zero-order valence-corrected chi connectivity index (χ0v) is 6.86. The standard InChI is InChI=1S/C7H12O2S/c1-2-10-4-5-3-6(5)7(8)9/h5-6H,2-4H2,1H3,(H,8,9)/t5-,6+/m0/s1. The zero-order valence-electron chi connectivity index (χ0n) is 6.04. The number of thioether (sulfide) groups is 1. The average molecular weight is 160 g/mol. The van der Waals surface area contributed by atoms with Crippen LogP contribution >= 0.6 is 11.8 Å². The Labute approximate surface area is 65.0 Å². The van der Waals surface area contributed by atoms with Gasteiger partial charge < -0.3 is 5.11 Å². The van der Waals surface area contributed by atoms with E-state index >= 15 is 0 Å². The van der Waals surface area contributed by atoms with Crippen molar-refractivity contribution in [2.45, 2.75) is 13.3 Å². The van der Waals surface area contributed by atoms with Gasteiger partial charge in [-0.1, -0.05) is 6.92 Å². The molecular formula is C7H12O2S. The molecule has 0 bridgehead atoms. The first-order valence-corrected chi connectivity index (χ1v) is 4.71. The fraction of sp³-hybridized carbons (Fsp3) is 0.857. The molecule has 0 amide bonds. The van der Waals surface area contributed by atoms with Crippen LogP contribution in [0.15, 0.2) is 0 Å². The molecule has 0 spiro atoms. The second-order valence-corrected chi connectivity index (χ2v) is 3.92. The van der Waals surface area contributed by atoms with Gasteiger partial charge in [-0.05, 0) is 23.8 Å². The van der Waals surface area contributed by atoms with E-state index in [0.29, 0.717) is 5.92 Å². The third-order valence-corrected chi connectivity index (χ3v) is 2.85. The summed E-state index contributed by atoms with van der Waals surface area (Å²) in [5.41, 5.74) is 0. The summed E-state index contributed by atoms with van der Waals surface area (Å²) >= 11 is 1.84. The monoisotopic (exact) mass is 160 g/mol. The molecule has 1 fully saturated rings. The van der Waals surface area contributed by atoms with Gasteiger partial charge in [0.15, 0.2) is 0 Å². The van der Waals surface area contributed by atoms with E-state index in [1.807, 2.05) is 11.8 Å². The average Bonchev–Trinajstić information content (AvgIpc) is 2.62. The number of aliphatic carboxylic acids is 1. The van der Waals surface area contributed by atoms with Crippen molar-refractivity contribution in [3.05, 3.63) is 0 Å². The smallest absolute Gasteiger partial charge is 0.306 e. The minimum absolute atomic E-state index is 0.0148. The molecule has 2 nitrogen and oxygen atoms in total. The van der Waals surface area contributed by atoms with Crippen molar-refractivity contribution >= 4 is 17.7 Å². The van der Waals surface area contributed by atoms with Gasteiger partial charge in [-0.15, -0.1) is 0 Å². The molecule has 3 heteroatoms. The van der Waals surface area contributed by atoms with Gasteiger partial charge in [-0.3, -0.25) is 4.79 Å². The second kappa shape index (κ2) is 3.28. The summed E-state index contributed by atoms with van der Waals surface area (Å²) in [5.74, 6) is 1.99. The van der Waals surface area contributed by atoms with E-state index in [2.05, 4.69) is 6.92 Å². The number of hydrogen-bond donors (Lipinski definition) is 1. The summed E-state index contributed by atoms with van der Waals surface area (Å²) in [7, 11) is 0. The molecule has 0 radical (unpaired) electrons. The van der Waals surface area contributed by atoms with Gasteiger partial charge in [-0.2, -0.15) is 11.8 Å². The molecule has 1 aliphatic carbocycles. The van der Waals surface area contributed by atoms with E-state index in [9.17, 15) is 4.79 Å². The minimum atomic E-state index is -0.610. The Morgan fingerprint density at radius 1 is 1.80 bits per heavy atom. The highest BCUT2D eigenvalue weighted by atomic mass is 32.2. The number of carboxylic acid groups (broad SMARTS) is 1. The number of carbonyl (C=O) groups is 1. The summed E-state index contributed by atoms with van der Waals surface area (Å²) in [6.45, 7) is 2.10. The molecule has 58 valence electrons. The molecule has 0 aromatic carbocycles. The third-order valence-electron chi connectivity index (χ3n) is 1.78. The topological polar surface area (TPSA) is 37.3 Å². The normalized spacial score (nSPS) is 30.1. The van der Waals surface area contributed by atoms with Crippen molar-refractivity contribution in [2.24, 2.45) is 11.8 Å². The van der Waals surface area contributed by atoms with Gasteiger partial charge in [-0.25, -0.2) is 0 Å². The van der Waals surface area contributed by atoms with Crippen molar-refractivity contribution in [1.82, 2.24) is 0 Å². The molecule has 1 aliphatic rings. The summed E-state index contributed by atoms with van der Waals surface area (Å²) in [5, 5.41) is 8.51. The lowest BCUT2D eigenvalue weighted by Gasteiger charge is -1.93. The molecule has 0 unspecified atom stereocenters. The fourth-order valence-electron chi connectivity index (χ4n) is 1.00. The van der Waals surface area contributed by atoms with E-state index in [-0.39, 0.29) is 5.92 Å². The van der Waals surface area contributed by atoms with Gasteiger partial charge in [0.25, 0.3) is 0 Å². The lowest BCUT2D eigenvalue weighted by molar-refractivity contribution is -0.138. The van der Waals surface area contributed by atoms with Crippen molar-refractivity contribution in [2.75, 3.05) is 11.5 Å². The highest BCUT2D eigenvalue weighted by Crippen LogP contribution is 2.40. The Balaban J connectivity index is 2.08. The first kappa shape index (κ1) is 7.92. The maximum atomic E-state index is 10.3. The summed E-state index contributed by atoms with van der Waals surface area (Å²) < 4.78 is 0. The summed E-state index contributed by atoms with van der Waals surface area (Å²) in [4.78, 5) is 10.3. The molecule has 1 N–H and O–H groups in total. The molecule has 0 heterocycles.